The molecule has 2 aromatic rings. The number of halogens is 2. The quantitative estimate of drug-likeness (QED) is 0.580. The summed E-state index contributed by atoms with van der Waals surface area (Å²) in [4.78, 5) is 12.5. The number of ether oxygens (including phenoxy) is 2. The highest BCUT2D eigenvalue weighted by atomic mass is 35.5. The maximum Gasteiger partial charge on any atom is 0.311 e. The summed E-state index contributed by atoms with van der Waals surface area (Å²) in [5.41, 5.74) is 1.44. The van der Waals surface area contributed by atoms with Gasteiger partial charge in [-0.15, -0.1) is 0 Å². The van der Waals surface area contributed by atoms with Crippen LogP contribution in [0.25, 0.3) is 0 Å². The maximum atomic E-state index is 14.1. The molecule has 1 fully saturated rings. The fourth-order valence-corrected chi connectivity index (χ4v) is 3.46. The predicted molar refractivity (Wildman–Crippen MR) is 103 cm³/mol. The molecule has 3 rings (SSSR count). The van der Waals surface area contributed by atoms with Crippen molar-refractivity contribution in [1.29, 1.82) is 5.26 Å². The van der Waals surface area contributed by atoms with E-state index in [-0.39, 0.29) is 23.0 Å². The minimum atomic E-state index is -1.16. The van der Waals surface area contributed by atoms with Gasteiger partial charge in [-0.1, -0.05) is 55.8 Å². The van der Waals surface area contributed by atoms with Gasteiger partial charge in [0.15, 0.2) is 11.6 Å². The van der Waals surface area contributed by atoms with E-state index in [1.807, 2.05) is 26.0 Å². The van der Waals surface area contributed by atoms with Gasteiger partial charge in [0.1, 0.15) is 11.8 Å². The Morgan fingerprint density at radius 1 is 1.29 bits per heavy atom. The second-order valence-electron chi connectivity index (χ2n) is 7.19. The fourth-order valence-electron chi connectivity index (χ4n) is 3.30. The molecule has 0 heterocycles. The molecule has 0 bridgehead atoms. The molecule has 1 saturated carbocycles. The van der Waals surface area contributed by atoms with E-state index in [2.05, 4.69) is 0 Å². The lowest BCUT2D eigenvalue weighted by Crippen LogP contribution is -2.14. The van der Waals surface area contributed by atoms with Crippen LogP contribution >= 0.6 is 11.6 Å². The molecular weight excluding hydrogens is 381 g/mol. The van der Waals surface area contributed by atoms with Crippen LogP contribution in [0, 0.1) is 34.4 Å². The molecule has 0 aromatic heterocycles. The Morgan fingerprint density at radius 2 is 2.00 bits per heavy atom. The first-order valence-corrected chi connectivity index (χ1v) is 9.21. The summed E-state index contributed by atoms with van der Waals surface area (Å²) in [6.07, 6.45) is 0.585. The van der Waals surface area contributed by atoms with Crippen LogP contribution < -0.4 is 4.74 Å². The molecule has 144 valence electrons. The molecule has 0 aliphatic heterocycles. The molecule has 0 N–H and O–H groups in total. The van der Waals surface area contributed by atoms with Crippen molar-refractivity contribution in [1.82, 2.24) is 0 Å². The van der Waals surface area contributed by atoms with Crippen LogP contribution in [0.5, 0.6) is 11.5 Å². The van der Waals surface area contributed by atoms with Gasteiger partial charge in [-0.25, -0.2) is 4.39 Å². The van der Waals surface area contributed by atoms with E-state index in [1.54, 1.807) is 30.3 Å². The molecule has 2 aromatic carbocycles. The number of para-hydroxylation sites is 1. The normalized spacial score (nSPS) is 21.0. The molecule has 0 saturated heterocycles. The van der Waals surface area contributed by atoms with Crippen molar-refractivity contribution in [2.24, 2.45) is 17.3 Å². The largest absolute Gasteiger partial charge is 0.454 e. The zero-order valence-corrected chi connectivity index (χ0v) is 16.2. The van der Waals surface area contributed by atoms with E-state index in [0.29, 0.717) is 11.3 Å². The molecule has 0 radical (unpaired) electrons. The molecule has 3 atom stereocenters. The number of hydrogen-bond acceptors (Lipinski definition) is 4. The number of nitriles is 1. The molecule has 1 aliphatic carbocycles. The smallest absolute Gasteiger partial charge is 0.311 e. The van der Waals surface area contributed by atoms with Gasteiger partial charge in [-0.05, 0) is 35.6 Å². The topological polar surface area (TPSA) is 59.3 Å². The molecule has 3 unspecified atom stereocenters. The third-order valence-electron chi connectivity index (χ3n) is 5.02. The molecule has 0 amide bonds. The van der Waals surface area contributed by atoms with E-state index in [4.69, 9.17) is 21.1 Å². The van der Waals surface area contributed by atoms with Crippen LogP contribution in [0.15, 0.2) is 60.1 Å². The first-order valence-electron chi connectivity index (χ1n) is 8.78. The number of allylic oxidation sites excluding steroid dienone is 1. The van der Waals surface area contributed by atoms with Crippen molar-refractivity contribution in [2.75, 3.05) is 0 Å². The van der Waals surface area contributed by atoms with Gasteiger partial charge in [0, 0.05) is 11.1 Å². The Morgan fingerprint density at radius 3 is 2.64 bits per heavy atom. The lowest BCUT2D eigenvalue weighted by atomic mass is 10.1. The second kappa shape index (κ2) is 8.04. The predicted octanol–water partition coefficient (Wildman–Crippen LogP) is 5.75. The van der Waals surface area contributed by atoms with Gasteiger partial charge in [0.2, 0.25) is 6.10 Å². The molecule has 28 heavy (non-hydrogen) atoms. The summed E-state index contributed by atoms with van der Waals surface area (Å²) in [5, 5.41) is 9.48. The Bertz CT molecular complexity index is 937. The third kappa shape index (κ3) is 4.02. The van der Waals surface area contributed by atoms with Crippen LogP contribution in [0.1, 0.15) is 25.5 Å². The summed E-state index contributed by atoms with van der Waals surface area (Å²) in [6.45, 7) is 3.87. The van der Waals surface area contributed by atoms with E-state index in [9.17, 15) is 14.4 Å². The first kappa shape index (κ1) is 19.9. The van der Waals surface area contributed by atoms with Crippen LogP contribution in [-0.2, 0) is 9.53 Å². The van der Waals surface area contributed by atoms with E-state index >= 15 is 0 Å². The zero-order chi connectivity index (χ0) is 20.3. The lowest BCUT2D eigenvalue weighted by molar-refractivity contribution is -0.149. The van der Waals surface area contributed by atoms with Crippen molar-refractivity contribution in [3.8, 4) is 17.6 Å². The monoisotopic (exact) mass is 399 g/mol. The highest BCUT2D eigenvalue weighted by Gasteiger charge is 2.61. The SMILES string of the molecule is CC1(C)C(/C=C\Cl)C1C(=O)OC(C#N)c1ccc(F)c(Oc2ccccc2)c1. The number of benzene rings is 2. The summed E-state index contributed by atoms with van der Waals surface area (Å²) in [6, 6.07) is 14.6. The molecule has 4 nitrogen and oxygen atoms in total. The zero-order valence-electron chi connectivity index (χ0n) is 15.4. The Balaban J connectivity index is 1.77. The summed E-state index contributed by atoms with van der Waals surface area (Å²) in [7, 11) is 0. The molecule has 1 aliphatic rings. The van der Waals surface area contributed by atoms with Crippen molar-refractivity contribution in [2.45, 2.75) is 20.0 Å². The second-order valence-corrected chi connectivity index (χ2v) is 7.45. The van der Waals surface area contributed by atoms with Crippen molar-refractivity contribution >= 4 is 17.6 Å². The Kier molecular flexibility index (Phi) is 5.71. The first-order chi connectivity index (χ1) is 13.4. The van der Waals surface area contributed by atoms with Gasteiger partial charge in [-0.2, -0.15) is 5.26 Å². The van der Waals surface area contributed by atoms with E-state index in [1.165, 1.54) is 23.7 Å². The number of esters is 1. The van der Waals surface area contributed by atoms with Crippen molar-refractivity contribution in [3.05, 3.63) is 71.5 Å². The van der Waals surface area contributed by atoms with Crippen LogP contribution in [0.2, 0.25) is 0 Å². The number of nitrogens with zero attached hydrogens (tertiary/aromatic N) is 1. The Labute approximate surface area is 168 Å². The average Bonchev–Trinajstić information content (AvgIpc) is 3.23. The van der Waals surface area contributed by atoms with Crippen LogP contribution in [-0.4, -0.2) is 5.97 Å². The van der Waals surface area contributed by atoms with Gasteiger partial charge < -0.3 is 9.47 Å². The van der Waals surface area contributed by atoms with Crippen molar-refractivity contribution < 1.29 is 18.7 Å². The van der Waals surface area contributed by atoms with Gasteiger partial charge in [0.05, 0.1) is 5.92 Å². The summed E-state index contributed by atoms with van der Waals surface area (Å²) >= 11 is 5.63. The third-order valence-corrected chi connectivity index (χ3v) is 5.17. The minimum absolute atomic E-state index is 0.0398. The maximum absolute atomic E-state index is 14.1. The minimum Gasteiger partial charge on any atom is -0.454 e. The van der Waals surface area contributed by atoms with E-state index in [0.717, 1.165) is 0 Å². The number of rotatable bonds is 6. The van der Waals surface area contributed by atoms with Crippen molar-refractivity contribution in [3.63, 3.8) is 0 Å². The summed E-state index contributed by atoms with van der Waals surface area (Å²) in [5.74, 6) is -1.06. The Hall–Kier alpha value is -2.84. The molecular formula is C22H19ClFNO3. The average molecular weight is 400 g/mol. The number of carbonyl (C=O) groups is 1. The van der Waals surface area contributed by atoms with Crippen LogP contribution in [0.3, 0.4) is 0 Å². The molecule has 0 spiro atoms. The lowest BCUT2D eigenvalue weighted by Gasteiger charge is -2.14. The summed E-state index contributed by atoms with van der Waals surface area (Å²) < 4.78 is 25.1. The number of hydrogen-bond donors (Lipinski definition) is 0. The highest BCUT2D eigenvalue weighted by molar-refractivity contribution is 6.25. The van der Waals surface area contributed by atoms with Gasteiger partial charge >= 0.3 is 5.97 Å². The highest BCUT2D eigenvalue weighted by Crippen LogP contribution is 2.59. The fraction of sp³-hybridized carbons (Fsp3) is 0.273. The van der Waals surface area contributed by atoms with Gasteiger partial charge in [-0.3, -0.25) is 4.79 Å². The number of carbonyl (C=O) groups excluding carboxylic acids is 1. The standard InChI is InChI=1S/C22H19ClFNO3/c1-22(2)16(10-11-23)20(22)21(26)28-19(13-25)14-8-9-17(24)18(12-14)27-15-6-4-3-5-7-15/h3-12,16,19-20H,1-2H3/b11-10-. The van der Waals surface area contributed by atoms with E-state index < -0.39 is 17.9 Å². The molecule has 6 heteroatoms. The van der Waals surface area contributed by atoms with Crippen LogP contribution in [0.4, 0.5) is 4.39 Å². The van der Waals surface area contributed by atoms with Gasteiger partial charge in [0.25, 0.3) is 0 Å².